The molecule has 0 radical (unpaired) electrons. The number of hydrogen-bond donors (Lipinski definition) is 1. The van der Waals surface area contributed by atoms with Crippen molar-refractivity contribution >= 4 is 0 Å². The van der Waals surface area contributed by atoms with Crippen molar-refractivity contribution < 1.29 is 4.74 Å². The topological polar surface area (TPSA) is 24.5 Å². The summed E-state index contributed by atoms with van der Waals surface area (Å²) in [5.41, 5.74) is 3.17. The Hall–Kier alpha value is -0.380. The van der Waals surface area contributed by atoms with Crippen LogP contribution in [0.1, 0.15) is 27.2 Å². The molecule has 2 rings (SSSR count). The van der Waals surface area contributed by atoms with Gasteiger partial charge in [0, 0.05) is 32.2 Å². The van der Waals surface area contributed by atoms with Crippen LogP contribution in [-0.2, 0) is 4.74 Å². The van der Waals surface area contributed by atoms with Crippen molar-refractivity contribution in [3.8, 4) is 0 Å². The second-order valence-corrected chi connectivity index (χ2v) is 5.12. The molecule has 0 saturated carbocycles. The highest BCUT2D eigenvalue weighted by molar-refractivity contribution is 5.22. The van der Waals surface area contributed by atoms with Crippen molar-refractivity contribution in [3.63, 3.8) is 0 Å². The van der Waals surface area contributed by atoms with Crippen LogP contribution < -0.4 is 5.32 Å². The SMILES string of the molecule is CCC1COC(C)CN1CC(C)=C1CNC1. The molecule has 2 saturated heterocycles. The molecule has 0 aromatic rings. The molecule has 0 spiro atoms. The highest BCUT2D eigenvalue weighted by atomic mass is 16.5. The zero-order valence-electron chi connectivity index (χ0n) is 10.8. The van der Waals surface area contributed by atoms with Gasteiger partial charge in [-0.15, -0.1) is 0 Å². The summed E-state index contributed by atoms with van der Waals surface area (Å²) in [7, 11) is 0. The average Bonchev–Trinajstić information content (AvgIpc) is 2.15. The standard InChI is InChI=1S/C13H24N2O/c1-4-13-9-16-11(3)8-15(13)7-10(2)12-5-14-6-12/h11,13-14H,4-9H2,1-3H3. The Morgan fingerprint density at radius 2 is 2.25 bits per heavy atom. The van der Waals surface area contributed by atoms with Crippen molar-refractivity contribution in [2.75, 3.05) is 32.8 Å². The number of hydrogen-bond acceptors (Lipinski definition) is 3. The second kappa shape index (κ2) is 5.30. The van der Waals surface area contributed by atoms with Crippen LogP contribution in [0.15, 0.2) is 11.1 Å². The fourth-order valence-electron chi connectivity index (χ4n) is 2.45. The molecular formula is C13H24N2O. The summed E-state index contributed by atoms with van der Waals surface area (Å²) in [6.45, 7) is 12.0. The molecule has 2 aliphatic rings. The molecule has 3 heteroatoms. The van der Waals surface area contributed by atoms with Crippen molar-refractivity contribution in [1.82, 2.24) is 10.2 Å². The van der Waals surface area contributed by atoms with Gasteiger partial charge in [0.1, 0.15) is 0 Å². The summed E-state index contributed by atoms with van der Waals surface area (Å²) in [6.07, 6.45) is 1.58. The Balaban J connectivity index is 1.94. The summed E-state index contributed by atoms with van der Waals surface area (Å²) in [4.78, 5) is 2.59. The van der Waals surface area contributed by atoms with E-state index in [0.29, 0.717) is 12.1 Å². The minimum absolute atomic E-state index is 0.389. The lowest BCUT2D eigenvalue weighted by atomic mass is 10.0. The van der Waals surface area contributed by atoms with Crippen LogP contribution in [0, 0.1) is 0 Å². The molecular weight excluding hydrogens is 200 g/mol. The van der Waals surface area contributed by atoms with E-state index in [0.717, 1.165) is 32.8 Å². The van der Waals surface area contributed by atoms with Crippen LogP contribution >= 0.6 is 0 Å². The minimum Gasteiger partial charge on any atom is -0.376 e. The maximum Gasteiger partial charge on any atom is 0.0674 e. The molecule has 92 valence electrons. The van der Waals surface area contributed by atoms with E-state index in [1.807, 2.05) is 0 Å². The van der Waals surface area contributed by atoms with E-state index >= 15 is 0 Å². The Morgan fingerprint density at radius 3 is 2.81 bits per heavy atom. The second-order valence-electron chi connectivity index (χ2n) is 5.12. The third-order valence-electron chi connectivity index (χ3n) is 3.77. The summed E-state index contributed by atoms with van der Waals surface area (Å²) in [5, 5.41) is 3.31. The third-order valence-corrected chi connectivity index (χ3v) is 3.77. The number of nitrogens with one attached hydrogen (secondary N) is 1. The van der Waals surface area contributed by atoms with Crippen molar-refractivity contribution in [3.05, 3.63) is 11.1 Å². The van der Waals surface area contributed by atoms with Gasteiger partial charge in [0.15, 0.2) is 0 Å². The smallest absolute Gasteiger partial charge is 0.0674 e. The molecule has 2 unspecified atom stereocenters. The number of rotatable bonds is 3. The molecule has 16 heavy (non-hydrogen) atoms. The first-order valence-electron chi connectivity index (χ1n) is 6.44. The first kappa shape index (κ1) is 12.1. The van der Waals surface area contributed by atoms with E-state index in [4.69, 9.17) is 4.74 Å². The lowest BCUT2D eigenvalue weighted by molar-refractivity contribution is -0.0522. The van der Waals surface area contributed by atoms with Crippen molar-refractivity contribution in [1.29, 1.82) is 0 Å². The number of morpholine rings is 1. The van der Waals surface area contributed by atoms with Gasteiger partial charge in [0.25, 0.3) is 0 Å². The normalized spacial score (nSPS) is 31.3. The maximum absolute atomic E-state index is 5.72. The van der Waals surface area contributed by atoms with Gasteiger partial charge >= 0.3 is 0 Å². The summed E-state index contributed by atoms with van der Waals surface area (Å²) in [6, 6.07) is 0.611. The molecule has 2 aliphatic heterocycles. The minimum atomic E-state index is 0.389. The van der Waals surface area contributed by atoms with Crippen LogP contribution in [0.5, 0.6) is 0 Å². The Morgan fingerprint density at radius 1 is 1.50 bits per heavy atom. The van der Waals surface area contributed by atoms with Gasteiger partial charge in [0.2, 0.25) is 0 Å². The fourth-order valence-corrected chi connectivity index (χ4v) is 2.45. The maximum atomic E-state index is 5.72. The molecule has 0 amide bonds. The zero-order valence-corrected chi connectivity index (χ0v) is 10.8. The Labute approximate surface area is 98.8 Å². The molecule has 2 fully saturated rings. The van der Waals surface area contributed by atoms with E-state index in [1.54, 1.807) is 11.1 Å². The van der Waals surface area contributed by atoms with Crippen LogP contribution in [0.2, 0.25) is 0 Å². The van der Waals surface area contributed by atoms with Gasteiger partial charge in [-0.05, 0) is 25.8 Å². The summed E-state index contributed by atoms with van der Waals surface area (Å²) in [5.74, 6) is 0. The van der Waals surface area contributed by atoms with Gasteiger partial charge in [-0.25, -0.2) is 0 Å². The Bertz CT molecular complexity index is 269. The largest absolute Gasteiger partial charge is 0.376 e. The van der Waals surface area contributed by atoms with Gasteiger partial charge in [-0.3, -0.25) is 4.90 Å². The third kappa shape index (κ3) is 2.65. The van der Waals surface area contributed by atoms with E-state index < -0.39 is 0 Å². The van der Waals surface area contributed by atoms with Crippen molar-refractivity contribution in [2.45, 2.75) is 39.3 Å². The molecule has 0 bridgehead atoms. The highest BCUT2D eigenvalue weighted by Crippen LogP contribution is 2.18. The molecule has 0 aliphatic carbocycles. The zero-order chi connectivity index (χ0) is 11.5. The molecule has 2 heterocycles. The van der Waals surface area contributed by atoms with Gasteiger partial charge < -0.3 is 10.1 Å². The number of nitrogens with zero attached hydrogens (tertiary/aromatic N) is 1. The van der Waals surface area contributed by atoms with Crippen LogP contribution in [-0.4, -0.2) is 49.8 Å². The molecule has 1 N–H and O–H groups in total. The van der Waals surface area contributed by atoms with Gasteiger partial charge in [-0.1, -0.05) is 12.5 Å². The van der Waals surface area contributed by atoms with Crippen molar-refractivity contribution in [2.24, 2.45) is 0 Å². The molecule has 2 atom stereocenters. The van der Waals surface area contributed by atoms with E-state index in [9.17, 15) is 0 Å². The lowest BCUT2D eigenvalue weighted by Gasteiger charge is -2.39. The first-order chi connectivity index (χ1) is 7.70. The van der Waals surface area contributed by atoms with Gasteiger partial charge in [-0.2, -0.15) is 0 Å². The molecule has 0 aromatic carbocycles. The van der Waals surface area contributed by atoms with Gasteiger partial charge in [0.05, 0.1) is 12.7 Å². The molecule has 0 aromatic heterocycles. The monoisotopic (exact) mass is 224 g/mol. The summed E-state index contributed by atoms with van der Waals surface area (Å²) < 4.78 is 5.72. The van der Waals surface area contributed by atoms with Crippen LogP contribution in [0.4, 0.5) is 0 Å². The number of ether oxygens (including phenoxy) is 1. The Kier molecular flexibility index (Phi) is 4.00. The predicted molar refractivity (Wildman–Crippen MR) is 66.6 cm³/mol. The van der Waals surface area contributed by atoms with E-state index in [1.165, 1.54) is 6.42 Å². The fraction of sp³-hybridized carbons (Fsp3) is 0.846. The van der Waals surface area contributed by atoms with Crippen LogP contribution in [0.25, 0.3) is 0 Å². The first-order valence-corrected chi connectivity index (χ1v) is 6.44. The quantitative estimate of drug-likeness (QED) is 0.734. The average molecular weight is 224 g/mol. The highest BCUT2D eigenvalue weighted by Gasteiger charge is 2.26. The summed E-state index contributed by atoms with van der Waals surface area (Å²) >= 11 is 0. The predicted octanol–water partition coefficient (Wildman–Crippen LogP) is 1.41. The van der Waals surface area contributed by atoms with E-state index in [2.05, 4.69) is 31.0 Å². The van der Waals surface area contributed by atoms with E-state index in [-0.39, 0.29) is 0 Å². The molecule has 3 nitrogen and oxygen atoms in total. The lowest BCUT2D eigenvalue weighted by Crippen LogP contribution is -2.49. The van der Waals surface area contributed by atoms with Crippen LogP contribution in [0.3, 0.4) is 0 Å².